The molecule has 3 aliphatic rings. The number of anilines is 1. The van der Waals surface area contributed by atoms with E-state index in [0.29, 0.717) is 6.54 Å². The number of carbonyl (C=O) groups excluding carboxylic acids is 2. The van der Waals surface area contributed by atoms with Crippen molar-refractivity contribution in [1.29, 1.82) is 0 Å². The molecule has 7 nitrogen and oxygen atoms in total. The maximum Gasteiger partial charge on any atom is 0.328 e. The second-order valence-electron chi connectivity index (χ2n) is 8.16. The third kappa shape index (κ3) is 2.69. The first-order valence-corrected chi connectivity index (χ1v) is 10.3. The van der Waals surface area contributed by atoms with E-state index in [-0.39, 0.29) is 18.5 Å². The fourth-order valence-electron chi connectivity index (χ4n) is 4.60. The lowest BCUT2D eigenvalue weighted by molar-refractivity contribution is -0.137. The fraction of sp³-hybridized carbons (Fsp3) is 0.348. The molecule has 2 saturated heterocycles. The first-order valence-electron chi connectivity index (χ1n) is 10.3. The number of nitrogens with zero attached hydrogens (tertiary/aromatic N) is 5. The molecule has 0 saturated carbocycles. The van der Waals surface area contributed by atoms with E-state index >= 15 is 0 Å². The smallest absolute Gasteiger partial charge is 0.325 e. The lowest BCUT2D eigenvalue weighted by atomic mass is 10.1. The highest BCUT2D eigenvalue weighted by Crippen LogP contribution is 2.35. The molecule has 0 spiro atoms. The van der Waals surface area contributed by atoms with Crippen molar-refractivity contribution in [2.75, 3.05) is 25.0 Å². The molecule has 2 atom stereocenters. The quantitative estimate of drug-likeness (QED) is 0.791. The molecule has 2 aromatic rings. The summed E-state index contributed by atoms with van der Waals surface area (Å²) in [7, 11) is 1.74. The highest BCUT2D eigenvalue weighted by molar-refractivity contribution is 6.08. The molecular weight excluding hydrogens is 378 g/mol. The van der Waals surface area contributed by atoms with Crippen LogP contribution in [0.4, 0.5) is 10.5 Å². The summed E-state index contributed by atoms with van der Waals surface area (Å²) in [5, 5.41) is 0. The summed E-state index contributed by atoms with van der Waals surface area (Å²) in [6.45, 7) is 5.96. The van der Waals surface area contributed by atoms with Gasteiger partial charge in [0.1, 0.15) is 0 Å². The molecule has 3 aliphatic heterocycles. The van der Waals surface area contributed by atoms with Gasteiger partial charge in [0.05, 0.1) is 6.54 Å². The molecule has 5 rings (SSSR count). The van der Waals surface area contributed by atoms with Gasteiger partial charge in [-0.1, -0.05) is 42.5 Å². The van der Waals surface area contributed by atoms with Crippen molar-refractivity contribution < 1.29 is 9.59 Å². The van der Waals surface area contributed by atoms with E-state index in [1.807, 2.05) is 36.4 Å². The Morgan fingerprint density at radius 1 is 1.00 bits per heavy atom. The van der Waals surface area contributed by atoms with Crippen molar-refractivity contribution in [3.63, 3.8) is 0 Å². The van der Waals surface area contributed by atoms with Gasteiger partial charge in [0.25, 0.3) is 5.91 Å². The Morgan fingerprint density at radius 3 is 2.53 bits per heavy atom. The highest BCUT2D eigenvalue weighted by Gasteiger charge is 2.54. The Hall–Kier alpha value is -3.35. The normalized spacial score (nSPS) is 23.1. The van der Waals surface area contributed by atoms with Gasteiger partial charge < -0.3 is 14.7 Å². The highest BCUT2D eigenvalue weighted by atomic mass is 16.2. The molecule has 154 valence electrons. The van der Waals surface area contributed by atoms with Gasteiger partial charge in [0, 0.05) is 25.8 Å². The number of aryl methyl sites for hydroxylation is 1. The van der Waals surface area contributed by atoms with E-state index in [1.54, 1.807) is 11.9 Å². The van der Waals surface area contributed by atoms with Gasteiger partial charge in [-0.25, -0.2) is 9.79 Å². The Morgan fingerprint density at radius 2 is 1.77 bits per heavy atom. The van der Waals surface area contributed by atoms with Gasteiger partial charge in [0.15, 0.2) is 12.2 Å². The molecule has 3 heterocycles. The minimum absolute atomic E-state index is 0.173. The number of carbonyl (C=O) groups is 2. The molecule has 0 N–H and O–H groups in total. The standard InChI is InChI=1S/C23H25N5O2/c1-15-8-7-11-18(16(15)2)26-12-13-27-19-20(24-22(26)27)25(3)23(30)28(21(19)29)14-17-9-5-4-6-10-17/h4-11,19-20H,12-14H2,1-3H3. The van der Waals surface area contributed by atoms with Crippen LogP contribution in [0.5, 0.6) is 0 Å². The average Bonchev–Trinajstić information content (AvgIpc) is 3.32. The van der Waals surface area contributed by atoms with Gasteiger partial charge in [-0.05, 0) is 36.6 Å². The second kappa shape index (κ2) is 6.86. The first kappa shape index (κ1) is 18.7. The topological polar surface area (TPSA) is 59.5 Å². The first-order chi connectivity index (χ1) is 14.5. The number of hydrogen-bond donors (Lipinski definition) is 0. The number of aliphatic imine (C=N–C) groups is 1. The third-order valence-electron chi connectivity index (χ3n) is 6.43. The van der Waals surface area contributed by atoms with Gasteiger partial charge in [-0.2, -0.15) is 0 Å². The maximum absolute atomic E-state index is 13.4. The van der Waals surface area contributed by atoms with Crippen LogP contribution in [0, 0.1) is 13.8 Å². The van der Waals surface area contributed by atoms with E-state index < -0.39 is 12.2 Å². The maximum atomic E-state index is 13.4. The van der Waals surface area contributed by atoms with Crippen LogP contribution in [0.25, 0.3) is 0 Å². The van der Waals surface area contributed by atoms with E-state index in [1.165, 1.54) is 16.0 Å². The zero-order valence-electron chi connectivity index (χ0n) is 17.4. The zero-order chi connectivity index (χ0) is 21.0. The van der Waals surface area contributed by atoms with Gasteiger partial charge in [-0.3, -0.25) is 9.69 Å². The molecule has 2 unspecified atom stereocenters. The minimum atomic E-state index is -0.486. The summed E-state index contributed by atoms with van der Waals surface area (Å²) in [5.74, 6) is 0.613. The zero-order valence-corrected chi connectivity index (χ0v) is 17.4. The molecule has 2 aromatic carbocycles. The Labute approximate surface area is 176 Å². The van der Waals surface area contributed by atoms with Crippen molar-refractivity contribution in [1.82, 2.24) is 14.7 Å². The summed E-state index contributed by atoms with van der Waals surface area (Å²) in [6, 6.07) is 15.1. The fourth-order valence-corrected chi connectivity index (χ4v) is 4.60. The number of urea groups is 1. The van der Waals surface area contributed by atoms with E-state index in [9.17, 15) is 9.59 Å². The molecule has 0 aliphatic carbocycles. The van der Waals surface area contributed by atoms with Crippen molar-refractivity contribution in [2.24, 2.45) is 4.99 Å². The number of guanidine groups is 1. The molecule has 0 bridgehead atoms. The minimum Gasteiger partial charge on any atom is -0.325 e. The van der Waals surface area contributed by atoms with Crippen LogP contribution in [-0.4, -0.2) is 64.9 Å². The van der Waals surface area contributed by atoms with Crippen LogP contribution in [0.15, 0.2) is 53.5 Å². The Kier molecular flexibility index (Phi) is 4.27. The SMILES string of the molecule is Cc1cccc(N2CCN3C2=NC2C3C(=O)N(Cc3ccccc3)C(=O)N2C)c1C. The largest absolute Gasteiger partial charge is 0.328 e. The van der Waals surface area contributed by atoms with Crippen molar-refractivity contribution in [2.45, 2.75) is 32.6 Å². The van der Waals surface area contributed by atoms with Crippen LogP contribution in [0.3, 0.4) is 0 Å². The third-order valence-corrected chi connectivity index (χ3v) is 6.43. The van der Waals surface area contributed by atoms with Crippen LogP contribution in [0.2, 0.25) is 0 Å². The van der Waals surface area contributed by atoms with E-state index in [4.69, 9.17) is 4.99 Å². The molecule has 0 radical (unpaired) electrons. The Bertz CT molecular complexity index is 1050. The van der Waals surface area contributed by atoms with Gasteiger partial charge >= 0.3 is 6.03 Å². The summed E-state index contributed by atoms with van der Waals surface area (Å²) in [6.07, 6.45) is -0.486. The number of amides is 3. The number of rotatable bonds is 3. The number of likely N-dealkylation sites (N-methyl/N-ethyl adjacent to an activating group) is 1. The van der Waals surface area contributed by atoms with Crippen molar-refractivity contribution >= 4 is 23.6 Å². The summed E-state index contributed by atoms with van der Waals surface area (Å²) >= 11 is 0. The number of fused-ring (bicyclic) bond motifs is 3. The molecule has 0 aromatic heterocycles. The predicted molar refractivity (Wildman–Crippen MR) is 115 cm³/mol. The van der Waals surface area contributed by atoms with Crippen molar-refractivity contribution in [3.8, 4) is 0 Å². The Balaban J connectivity index is 1.46. The van der Waals surface area contributed by atoms with Gasteiger partial charge in [-0.15, -0.1) is 0 Å². The van der Waals surface area contributed by atoms with Crippen LogP contribution in [0.1, 0.15) is 16.7 Å². The number of hydrogen-bond acceptors (Lipinski definition) is 5. The monoisotopic (exact) mass is 403 g/mol. The van der Waals surface area contributed by atoms with Crippen LogP contribution in [-0.2, 0) is 11.3 Å². The van der Waals surface area contributed by atoms with E-state index in [0.717, 1.165) is 23.8 Å². The van der Waals surface area contributed by atoms with Crippen LogP contribution < -0.4 is 4.90 Å². The van der Waals surface area contributed by atoms with Gasteiger partial charge in [0.2, 0.25) is 5.96 Å². The molecule has 2 fully saturated rings. The molecular formula is C23H25N5O2. The van der Waals surface area contributed by atoms with E-state index in [2.05, 4.69) is 35.8 Å². The average molecular weight is 403 g/mol. The molecule has 30 heavy (non-hydrogen) atoms. The predicted octanol–water partition coefficient (Wildman–Crippen LogP) is 2.58. The summed E-state index contributed by atoms with van der Waals surface area (Å²) in [4.78, 5) is 38.4. The molecule has 7 heteroatoms. The lowest BCUT2D eigenvalue weighted by Gasteiger charge is -2.40. The van der Waals surface area contributed by atoms with Crippen LogP contribution >= 0.6 is 0 Å². The summed E-state index contributed by atoms with van der Waals surface area (Å²) in [5.41, 5.74) is 4.47. The lowest BCUT2D eigenvalue weighted by Crippen LogP contribution is -2.64. The second-order valence-corrected chi connectivity index (χ2v) is 8.16. The summed E-state index contributed by atoms with van der Waals surface area (Å²) < 4.78 is 0. The molecule has 3 amide bonds. The van der Waals surface area contributed by atoms with Crippen molar-refractivity contribution in [3.05, 3.63) is 65.2 Å². The number of imide groups is 1. The number of benzene rings is 2.